The quantitative estimate of drug-likeness (QED) is 0.652. The Balaban J connectivity index is 1.54. The summed E-state index contributed by atoms with van der Waals surface area (Å²) in [7, 11) is 6.18. The molecule has 32 heavy (non-hydrogen) atoms. The van der Waals surface area contributed by atoms with Crippen LogP contribution >= 0.6 is 0 Å². The molecule has 2 amide bonds. The van der Waals surface area contributed by atoms with E-state index in [-0.39, 0.29) is 23.9 Å². The molecule has 0 atom stereocenters. The van der Waals surface area contributed by atoms with E-state index >= 15 is 0 Å². The topological polar surface area (TPSA) is 95.1 Å². The molecule has 2 N–H and O–H groups in total. The molecule has 1 saturated carbocycles. The molecular weight excluding hydrogens is 412 g/mol. The van der Waals surface area contributed by atoms with Crippen molar-refractivity contribution in [2.24, 2.45) is 0 Å². The molecule has 172 valence electrons. The fourth-order valence-electron chi connectivity index (χ4n) is 3.88. The third kappa shape index (κ3) is 5.43. The summed E-state index contributed by atoms with van der Waals surface area (Å²) in [6.07, 6.45) is 3.09. The molecule has 0 bridgehead atoms. The minimum atomic E-state index is -0.181. The Hall–Kier alpha value is -3.42. The van der Waals surface area contributed by atoms with E-state index in [1.165, 1.54) is 14.2 Å². The van der Waals surface area contributed by atoms with Gasteiger partial charge in [0.25, 0.3) is 11.8 Å². The zero-order valence-electron chi connectivity index (χ0n) is 18.9. The van der Waals surface area contributed by atoms with E-state index in [1.807, 2.05) is 0 Å². The number of carbonyl (C=O) groups excluding carboxylic acids is 2. The van der Waals surface area contributed by atoms with Crippen LogP contribution in [0.2, 0.25) is 0 Å². The highest BCUT2D eigenvalue weighted by Gasteiger charge is 2.26. The van der Waals surface area contributed by atoms with Crippen LogP contribution in [0.1, 0.15) is 46.4 Å². The van der Waals surface area contributed by atoms with Crippen molar-refractivity contribution in [1.29, 1.82) is 0 Å². The Kier molecular flexibility index (Phi) is 7.81. The van der Waals surface area contributed by atoms with Crippen LogP contribution in [0.15, 0.2) is 36.4 Å². The first kappa shape index (κ1) is 23.2. The Morgan fingerprint density at radius 1 is 0.656 bits per heavy atom. The van der Waals surface area contributed by atoms with E-state index in [0.29, 0.717) is 34.1 Å². The predicted molar refractivity (Wildman–Crippen MR) is 120 cm³/mol. The molecule has 0 radical (unpaired) electrons. The maximum absolute atomic E-state index is 12.7. The van der Waals surface area contributed by atoms with E-state index in [4.69, 9.17) is 18.9 Å². The van der Waals surface area contributed by atoms with Crippen molar-refractivity contribution in [3.05, 3.63) is 47.5 Å². The van der Waals surface area contributed by atoms with Crippen LogP contribution in [-0.4, -0.2) is 52.3 Å². The molecule has 0 unspecified atom stereocenters. The molecule has 0 saturated heterocycles. The number of amides is 2. The Labute approximate surface area is 188 Å². The van der Waals surface area contributed by atoms with Crippen LogP contribution in [0, 0.1) is 0 Å². The summed E-state index contributed by atoms with van der Waals surface area (Å²) in [6, 6.07) is 10.3. The second-order valence-corrected chi connectivity index (χ2v) is 7.63. The van der Waals surface area contributed by atoms with Crippen LogP contribution in [0.25, 0.3) is 0 Å². The monoisotopic (exact) mass is 442 g/mol. The van der Waals surface area contributed by atoms with E-state index in [9.17, 15) is 9.59 Å². The summed E-state index contributed by atoms with van der Waals surface area (Å²) < 4.78 is 21.0. The van der Waals surface area contributed by atoms with Crippen LogP contribution in [0.5, 0.6) is 23.0 Å². The third-order valence-electron chi connectivity index (χ3n) is 5.70. The summed E-state index contributed by atoms with van der Waals surface area (Å²) in [4.78, 5) is 25.5. The highest BCUT2D eigenvalue weighted by atomic mass is 16.5. The lowest BCUT2D eigenvalue weighted by Gasteiger charge is -2.30. The lowest BCUT2D eigenvalue weighted by molar-refractivity contribution is 0.0888. The highest BCUT2D eigenvalue weighted by molar-refractivity contribution is 5.98. The van der Waals surface area contributed by atoms with E-state index in [1.54, 1.807) is 50.6 Å². The maximum atomic E-state index is 12.7. The summed E-state index contributed by atoms with van der Waals surface area (Å²) in [5.41, 5.74) is 0.936. The van der Waals surface area contributed by atoms with Crippen molar-refractivity contribution < 1.29 is 28.5 Å². The fraction of sp³-hybridized carbons (Fsp3) is 0.417. The normalized spacial score (nSPS) is 17.8. The van der Waals surface area contributed by atoms with Gasteiger partial charge in [-0.25, -0.2) is 0 Å². The highest BCUT2D eigenvalue weighted by Crippen LogP contribution is 2.27. The molecule has 8 heteroatoms. The van der Waals surface area contributed by atoms with Gasteiger partial charge in [-0.05, 0) is 49.9 Å². The Morgan fingerprint density at radius 3 is 1.34 bits per heavy atom. The first-order valence-corrected chi connectivity index (χ1v) is 10.5. The number of hydrogen-bond acceptors (Lipinski definition) is 6. The first-order valence-electron chi connectivity index (χ1n) is 10.5. The SMILES string of the molecule is COc1ccc(C(=O)NC2CCC(NC(=O)c3ccc(OC)cc3OC)CC2)c(OC)c1. The minimum absolute atomic E-state index is 0.0398. The largest absolute Gasteiger partial charge is 0.497 e. The molecule has 0 aromatic heterocycles. The van der Waals surface area contributed by atoms with Gasteiger partial charge in [0.05, 0.1) is 39.6 Å². The number of nitrogens with one attached hydrogen (secondary N) is 2. The van der Waals surface area contributed by atoms with Crippen LogP contribution in [-0.2, 0) is 0 Å². The average molecular weight is 443 g/mol. The zero-order chi connectivity index (χ0) is 23.1. The van der Waals surface area contributed by atoms with Crippen molar-refractivity contribution >= 4 is 11.8 Å². The first-order chi connectivity index (χ1) is 15.5. The summed E-state index contributed by atoms with van der Waals surface area (Å²) in [5.74, 6) is 1.83. The van der Waals surface area contributed by atoms with Crippen molar-refractivity contribution in [3.8, 4) is 23.0 Å². The molecule has 0 heterocycles. The van der Waals surface area contributed by atoms with E-state index in [2.05, 4.69) is 10.6 Å². The Morgan fingerprint density at radius 2 is 1.03 bits per heavy atom. The number of benzene rings is 2. The minimum Gasteiger partial charge on any atom is -0.497 e. The molecule has 0 aliphatic heterocycles. The molecule has 0 spiro atoms. The molecule has 2 aromatic carbocycles. The lowest BCUT2D eigenvalue weighted by Crippen LogP contribution is -2.43. The van der Waals surface area contributed by atoms with Crippen molar-refractivity contribution in [1.82, 2.24) is 10.6 Å². The van der Waals surface area contributed by atoms with Gasteiger partial charge in [-0.1, -0.05) is 0 Å². The van der Waals surface area contributed by atoms with Gasteiger partial charge in [-0.3, -0.25) is 9.59 Å². The van der Waals surface area contributed by atoms with Gasteiger partial charge in [-0.15, -0.1) is 0 Å². The summed E-state index contributed by atoms with van der Waals surface area (Å²) in [6.45, 7) is 0. The van der Waals surface area contributed by atoms with Crippen molar-refractivity contribution in [2.45, 2.75) is 37.8 Å². The van der Waals surface area contributed by atoms with Gasteiger partial charge in [0.1, 0.15) is 23.0 Å². The molecule has 1 aliphatic carbocycles. The fourth-order valence-corrected chi connectivity index (χ4v) is 3.88. The van der Waals surface area contributed by atoms with Crippen molar-refractivity contribution in [3.63, 3.8) is 0 Å². The lowest BCUT2D eigenvalue weighted by atomic mass is 9.90. The van der Waals surface area contributed by atoms with Gasteiger partial charge in [-0.2, -0.15) is 0 Å². The summed E-state index contributed by atoms with van der Waals surface area (Å²) >= 11 is 0. The van der Waals surface area contributed by atoms with Crippen molar-refractivity contribution in [2.75, 3.05) is 28.4 Å². The van der Waals surface area contributed by atoms with Gasteiger partial charge in [0.15, 0.2) is 0 Å². The number of hydrogen-bond donors (Lipinski definition) is 2. The second-order valence-electron chi connectivity index (χ2n) is 7.63. The molecule has 1 fully saturated rings. The molecule has 2 aromatic rings. The zero-order valence-corrected chi connectivity index (χ0v) is 18.9. The standard InChI is InChI=1S/C24H30N2O6/c1-29-17-9-11-19(21(13-17)31-3)23(27)25-15-5-7-16(8-6-15)26-24(28)20-12-10-18(30-2)14-22(20)32-4/h9-16H,5-8H2,1-4H3,(H,25,27)(H,26,28). The average Bonchev–Trinajstić information content (AvgIpc) is 2.84. The van der Waals surface area contributed by atoms with Crippen LogP contribution in [0.3, 0.4) is 0 Å². The molecule has 8 nitrogen and oxygen atoms in total. The number of carbonyl (C=O) groups is 2. The Bertz CT molecular complexity index is 876. The van der Waals surface area contributed by atoms with Crippen LogP contribution < -0.4 is 29.6 Å². The molecular formula is C24H30N2O6. The number of methoxy groups -OCH3 is 4. The predicted octanol–water partition coefficient (Wildman–Crippen LogP) is 3.19. The van der Waals surface area contributed by atoms with Gasteiger partial charge in [0, 0.05) is 24.2 Å². The second kappa shape index (κ2) is 10.7. The number of rotatable bonds is 8. The number of ether oxygens (including phenoxy) is 4. The van der Waals surface area contributed by atoms with Gasteiger partial charge < -0.3 is 29.6 Å². The van der Waals surface area contributed by atoms with Gasteiger partial charge >= 0.3 is 0 Å². The van der Waals surface area contributed by atoms with Crippen LogP contribution in [0.4, 0.5) is 0 Å². The third-order valence-corrected chi connectivity index (χ3v) is 5.70. The smallest absolute Gasteiger partial charge is 0.255 e. The molecule has 1 aliphatic rings. The van der Waals surface area contributed by atoms with E-state index in [0.717, 1.165) is 25.7 Å². The summed E-state index contributed by atoms with van der Waals surface area (Å²) in [5, 5.41) is 6.15. The van der Waals surface area contributed by atoms with Gasteiger partial charge in [0.2, 0.25) is 0 Å². The van der Waals surface area contributed by atoms with E-state index < -0.39 is 0 Å². The molecule has 3 rings (SSSR count). The maximum Gasteiger partial charge on any atom is 0.255 e.